The smallest absolute Gasteiger partial charge is 0.224 e. The van der Waals surface area contributed by atoms with E-state index in [1.165, 1.54) is 0 Å². The molecule has 0 atom stereocenters. The maximum Gasteiger partial charge on any atom is 0.224 e. The summed E-state index contributed by atoms with van der Waals surface area (Å²) in [7, 11) is 1.00. The van der Waals surface area contributed by atoms with Crippen molar-refractivity contribution >= 4 is 17.5 Å². The van der Waals surface area contributed by atoms with Crippen LogP contribution < -0.4 is 0 Å². The van der Waals surface area contributed by atoms with Gasteiger partial charge < -0.3 is 20.2 Å². The second-order valence-electron chi connectivity index (χ2n) is 5.73. The maximum absolute atomic E-state index is 11.7. The first-order valence-corrected chi connectivity index (χ1v) is 8.20. The number of phenols is 1. The molecule has 0 spiro atoms. The lowest BCUT2D eigenvalue weighted by Crippen LogP contribution is -2.39. The normalized spacial score (nSPS) is 15.1. The molecule has 2 rings (SSSR count). The number of hydrogen-bond acceptors (Lipinski definition) is 4. The van der Waals surface area contributed by atoms with Gasteiger partial charge in [-0.1, -0.05) is 11.6 Å². The Kier molecular flexibility index (Phi) is 8.37. The van der Waals surface area contributed by atoms with Crippen LogP contribution in [0, 0.1) is 12.8 Å². The number of nitrogens with zero attached hydrogens (tertiary/aromatic N) is 1. The van der Waals surface area contributed by atoms with E-state index < -0.39 is 0 Å². The molecule has 0 radical (unpaired) electrons. The lowest BCUT2D eigenvalue weighted by atomic mass is 9.89. The summed E-state index contributed by atoms with van der Waals surface area (Å²) < 4.78 is 0. The Hall–Kier alpha value is -1.30. The van der Waals surface area contributed by atoms with E-state index in [0.717, 1.165) is 50.6 Å². The molecule has 23 heavy (non-hydrogen) atoms. The van der Waals surface area contributed by atoms with Crippen LogP contribution in [0.1, 0.15) is 30.4 Å². The van der Waals surface area contributed by atoms with Crippen molar-refractivity contribution in [1.82, 2.24) is 4.90 Å². The summed E-state index contributed by atoms with van der Waals surface area (Å²) in [4.78, 5) is 13.5. The van der Waals surface area contributed by atoms with Crippen LogP contribution in [0.5, 0.6) is 5.75 Å². The van der Waals surface area contributed by atoms with Crippen molar-refractivity contribution in [3.8, 4) is 5.75 Å². The highest BCUT2D eigenvalue weighted by Crippen LogP contribution is 2.30. The molecule has 1 aromatic rings. The fourth-order valence-corrected chi connectivity index (χ4v) is 3.01. The van der Waals surface area contributed by atoms with Gasteiger partial charge in [0.05, 0.1) is 6.61 Å². The monoisotopic (exact) mass is 343 g/mol. The third-order valence-corrected chi connectivity index (χ3v) is 4.57. The topological polar surface area (TPSA) is 81.0 Å². The Labute approximate surface area is 142 Å². The molecule has 1 fully saturated rings. The van der Waals surface area contributed by atoms with Crippen molar-refractivity contribution in [2.45, 2.75) is 32.6 Å². The van der Waals surface area contributed by atoms with Gasteiger partial charge >= 0.3 is 0 Å². The average Bonchev–Trinajstić information content (AvgIpc) is 2.55. The Morgan fingerprint density at radius 3 is 2.48 bits per heavy atom. The number of aryl methyl sites for hydroxylation is 1. The average molecular weight is 344 g/mol. The van der Waals surface area contributed by atoms with Crippen LogP contribution in [0.4, 0.5) is 0 Å². The summed E-state index contributed by atoms with van der Waals surface area (Å²) in [6, 6.07) is 3.55. The quantitative estimate of drug-likeness (QED) is 0.782. The predicted octanol–water partition coefficient (Wildman–Crippen LogP) is 2.13. The molecule has 1 heterocycles. The molecule has 1 aliphatic heterocycles. The molecule has 130 valence electrons. The van der Waals surface area contributed by atoms with E-state index in [-0.39, 0.29) is 18.9 Å². The summed E-state index contributed by atoms with van der Waals surface area (Å²) >= 11 is 6.12. The van der Waals surface area contributed by atoms with Crippen molar-refractivity contribution in [3.05, 3.63) is 28.3 Å². The van der Waals surface area contributed by atoms with Gasteiger partial charge in [0, 0.05) is 31.6 Å². The lowest BCUT2D eigenvalue weighted by molar-refractivity contribution is -0.133. The number of carbonyl (C=O) groups is 1. The van der Waals surface area contributed by atoms with Gasteiger partial charge in [-0.2, -0.15) is 0 Å². The van der Waals surface area contributed by atoms with Crippen LogP contribution in [0.3, 0.4) is 0 Å². The predicted molar refractivity (Wildman–Crippen MR) is 90.7 cm³/mol. The van der Waals surface area contributed by atoms with Gasteiger partial charge in [0.1, 0.15) is 5.75 Å². The van der Waals surface area contributed by atoms with Crippen LogP contribution in [0.2, 0.25) is 5.02 Å². The van der Waals surface area contributed by atoms with E-state index in [4.69, 9.17) is 21.8 Å². The fourth-order valence-electron chi connectivity index (χ4n) is 2.82. The molecule has 0 aliphatic carbocycles. The molecule has 3 N–H and O–H groups in total. The number of carbonyl (C=O) groups excluding carboxylic acids is 1. The van der Waals surface area contributed by atoms with Gasteiger partial charge in [-0.3, -0.25) is 4.79 Å². The third-order valence-electron chi connectivity index (χ3n) is 4.16. The highest BCUT2D eigenvalue weighted by Gasteiger charge is 2.23. The zero-order valence-corrected chi connectivity index (χ0v) is 14.5. The molecule has 1 aliphatic rings. The Morgan fingerprint density at radius 2 is 1.91 bits per heavy atom. The van der Waals surface area contributed by atoms with E-state index in [9.17, 15) is 9.90 Å². The first-order chi connectivity index (χ1) is 11.0. The minimum Gasteiger partial charge on any atom is -0.508 e. The number of aliphatic hydroxyl groups is 2. The molecule has 1 saturated heterocycles. The number of benzene rings is 1. The summed E-state index contributed by atoms with van der Waals surface area (Å²) in [6.07, 6.45) is 2.83. The van der Waals surface area contributed by atoms with Crippen molar-refractivity contribution in [3.63, 3.8) is 0 Å². The zero-order valence-electron chi connectivity index (χ0n) is 13.8. The van der Waals surface area contributed by atoms with Gasteiger partial charge in [-0.25, -0.2) is 0 Å². The summed E-state index contributed by atoms with van der Waals surface area (Å²) in [5, 5.41) is 26.5. The number of piperidine rings is 1. The standard InChI is InChI=1S/C16H22ClNO3.CH4O/c1-11-8-15(20)13(10-14(11)17)9-12-2-5-18(6-3-12)16(21)4-7-19;1-2/h8,10,12,19-20H,2-7,9H2,1H3;2H,1H3. The number of phenolic OH excluding ortho intramolecular Hbond substituents is 1. The van der Waals surface area contributed by atoms with Crippen LogP contribution in [-0.2, 0) is 11.2 Å². The van der Waals surface area contributed by atoms with Crippen molar-refractivity contribution in [2.75, 3.05) is 26.8 Å². The minimum atomic E-state index is -0.0888. The Morgan fingerprint density at radius 1 is 1.30 bits per heavy atom. The Balaban J connectivity index is 0.00000127. The number of amides is 1. The van der Waals surface area contributed by atoms with Crippen molar-refractivity contribution in [1.29, 1.82) is 0 Å². The van der Waals surface area contributed by atoms with Gasteiger partial charge in [0.25, 0.3) is 0 Å². The molecule has 6 heteroatoms. The van der Waals surface area contributed by atoms with Gasteiger partial charge in [-0.05, 0) is 55.4 Å². The molecule has 0 bridgehead atoms. The second-order valence-corrected chi connectivity index (χ2v) is 6.14. The highest BCUT2D eigenvalue weighted by molar-refractivity contribution is 6.31. The van der Waals surface area contributed by atoms with Gasteiger partial charge in [0.2, 0.25) is 5.91 Å². The minimum absolute atomic E-state index is 0.0252. The SMILES string of the molecule is CO.Cc1cc(O)c(CC2CCN(C(=O)CCO)CC2)cc1Cl. The zero-order chi connectivity index (χ0) is 17.4. The number of rotatable bonds is 4. The van der Waals surface area contributed by atoms with E-state index in [1.807, 2.05) is 17.9 Å². The number of likely N-dealkylation sites (tertiary alicyclic amines) is 1. The largest absolute Gasteiger partial charge is 0.508 e. The first-order valence-electron chi connectivity index (χ1n) is 7.82. The summed E-state index contributed by atoms with van der Waals surface area (Å²) in [6.45, 7) is 3.24. The first kappa shape index (κ1) is 19.7. The maximum atomic E-state index is 11.7. The van der Waals surface area contributed by atoms with E-state index in [0.29, 0.717) is 16.7 Å². The van der Waals surface area contributed by atoms with Crippen LogP contribution in [-0.4, -0.2) is 52.9 Å². The van der Waals surface area contributed by atoms with E-state index in [1.54, 1.807) is 6.07 Å². The van der Waals surface area contributed by atoms with E-state index >= 15 is 0 Å². The molecule has 0 saturated carbocycles. The van der Waals surface area contributed by atoms with Crippen LogP contribution in [0.15, 0.2) is 12.1 Å². The van der Waals surface area contributed by atoms with E-state index in [2.05, 4.69) is 0 Å². The molecular weight excluding hydrogens is 318 g/mol. The van der Waals surface area contributed by atoms with Crippen molar-refractivity contribution < 1.29 is 20.1 Å². The summed E-state index contributed by atoms with van der Waals surface area (Å²) in [5.74, 6) is 0.778. The molecule has 1 aromatic carbocycles. The summed E-state index contributed by atoms with van der Waals surface area (Å²) in [5.41, 5.74) is 1.76. The van der Waals surface area contributed by atoms with Gasteiger partial charge in [0.15, 0.2) is 0 Å². The number of halogens is 1. The number of aromatic hydroxyl groups is 1. The van der Waals surface area contributed by atoms with Crippen LogP contribution >= 0.6 is 11.6 Å². The van der Waals surface area contributed by atoms with Gasteiger partial charge in [-0.15, -0.1) is 0 Å². The fraction of sp³-hybridized carbons (Fsp3) is 0.588. The molecule has 5 nitrogen and oxygen atoms in total. The highest BCUT2D eigenvalue weighted by atomic mass is 35.5. The number of aliphatic hydroxyl groups excluding tert-OH is 2. The van der Waals surface area contributed by atoms with Crippen molar-refractivity contribution in [2.24, 2.45) is 5.92 Å². The molecule has 1 amide bonds. The molecule has 0 unspecified atom stereocenters. The second kappa shape index (κ2) is 9.75. The number of hydrogen-bond donors (Lipinski definition) is 3. The Bertz CT molecular complexity index is 514. The third kappa shape index (κ3) is 5.68. The molecular formula is C17H26ClNO4. The molecule has 0 aromatic heterocycles. The lowest BCUT2D eigenvalue weighted by Gasteiger charge is -2.32. The van der Waals surface area contributed by atoms with Crippen LogP contribution in [0.25, 0.3) is 0 Å².